The van der Waals surface area contributed by atoms with Gasteiger partial charge in [0.25, 0.3) is 5.91 Å². The van der Waals surface area contributed by atoms with Gasteiger partial charge in [-0.3, -0.25) is 4.79 Å². The molecule has 2 aromatic carbocycles. The maximum Gasteiger partial charge on any atom is 0.255 e. The number of primary amides is 1. The molecular weight excluding hydrogens is 519 g/mol. The standard InChI is InChI=1S/C21H27ClN4O3.HI/c1-3-24-21(26(2)11-12-28-18-9-7-17(22)8-10-18)25-14-16-5-4-6-19(13-16)29-15-20(23)27;/h4-10,13H,3,11-12,14-15H2,1-2H3,(H2,23,27)(H,24,25);1H. The molecule has 30 heavy (non-hydrogen) atoms. The van der Waals surface area contributed by atoms with E-state index in [-0.39, 0.29) is 30.6 Å². The van der Waals surface area contributed by atoms with Gasteiger partial charge in [-0.05, 0) is 48.9 Å². The lowest BCUT2D eigenvalue weighted by atomic mass is 10.2. The summed E-state index contributed by atoms with van der Waals surface area (Å²) in [5.41, 5.74) is 6.08. The van der Waals surface area contributed by atoms with Gasteiger partial charge in [-0.25, -0.2) is 4.99 Å². The lowest BCUT2D eigenvalue weighted by Crippen LogP contribution is -2.40. The molecule has 164 valence electrons. The molecule has 3 N–H and O–H groups in total. The zero-order valence-electron chi connectivity index (χ0n) is 17.1. The molecule has 0 fully saturated rings. The van der Waals surface area contributed by atoms with E-state index in [2.05, 4.69) is 10.3 Å². The number of nitrogens with zero attached hydrogens (tertiary/aromatic N) is 2. The van der Waals surface area contributed by atoms with Crippen LogP contribution < -0.4 is 20.5 Å². The van der Waals surface area contributed by atoms with Crippen LogP contribution in [0.1, 0.15) is 12.5 Å². The summed E-state index contributed by atoms with van der Waals surface area (Å²) in [5.74, 6) is 1.63. The number of nitrogens with two attached hydrogens (primary N) is 1. The van der Waals surface area contributed by atoms with Crippen molar-refractivity contribution in [1.29, 1.82) is 0 Å². The first-order valence-electron chi connectivity index (χ1n) is 9.35. The van der Waals surface area contributed by atoms with Crippen LogP contribution in [-0.4, -0.2) is 50.1 Å². The van der Waals surface area contributed by atoms with E-state index < -0.39 is 5.91 Å². The van der Waals surface area contributed by atoms with E-state index in [4.69, 9.17) is 26.8 Å². The largest absolute Gasteiger partial charge is 0.492 e. The average molecular weight is 547 g/mol. The summed E-state index contributed by atoms with van der Waals surface area (Å²) in [7, 11) is 1.96. The number of amides is 1. The number of benzene rings is 2. The van der Waals surface area contributed by atoms with Gasteiger partial charge in [-0.1, -0.05) is 23.7 Å². The third-order valence-corrected chi connectivity index (χ3v) is 4.15. The Kier molecular flexibility index (Phi) is 12.0. The Morgan fingerprint density at radius 3 is 2.57 bits per heavy atom. The number of guanidine groups is 1. The van der Waals surface area contributed by atoms with Crippen molar-refractivity contribution in [3.63, 3.8) is 0 Å². The van der Waals surface area contributed by atoms with E-state index in [1.807, 2.05) is 49.2 Å². The van der Waals surface area contributed by atoms with E-state index in [0.29, 0.717) is 30.5 Å². The van der Waals surface area contributed by atoms with Crippen molar-refractivity contribution in [2.75, 3.05) is 33.4 Å². The highest BCUT2D eigenvalue weighted by atomic mass is 127. The number of rotatable bonds is 10. The molecule has 0 unspecified atom stereocenters. The minimum atomic E-state index is -0.509. The Hall–Kier alpha value is -2.20. The molecular formula is C21H28ClIN4O3. The summed E-state index contributed by atoms with van der Waals surface area (Å²) < 4.78 is 11.1. The molecule has 0 saturated carbocycles. The number of ether oxygens (including phenoxy) is 2. The predicted molar refractivity (Wildman–Crippen MR) is 131 cm³/mol. The fourth-order valence-electron chi connectivity index (χ4n) is 2.46. The number of nitrogens with one attached hydrogen (secondary N) is 1. The molecule has 0 saturated heterocycles. The average Bonchev–Trinajstić information content (AvgIpc) is 2.71. The van der Waals surface area contributed by atoms with E-state index in [1.54, 1.807) is 18.2 Å². The van der Waals surface area contributed by atoms with E-state index in [9.17, 15) is 4.79 Å². The monoisotopic (exact) mass is 546 g/mol. The SMILES string of the molecule is CCNC(=NCc1cccc(OCC(N)=O)c1)N(C)CCOc1ccc(Cl)cc1.I. The molecule has 0 aliphatic carbocycles. The molecule has 0 aromatic heterocycles. The number of aliphatic imine (C=N–C) groups is 1. The summed E-state index contributed by atoms with van der Waals surface area (Å²) in [6.45, 7) is 4.27. The normalized spacial score (nSPS) is 10.7. The molecule has 0 aliphatic heterocycles. The van der Waals surface area contributed by atoms with Crippen LogP contribution in [0.5, 0.6) is 11.5 Å². The number of carbonyl (C=O) groups excluding carboxylic acids is 1. The second-order valence-corrected chi connectivity index (χ2v) is 6.73. The molecule has 0 spiro atoms. The zero-order valence-corrected chi connectivity index (χ0v) is 20.2. The van der Waals surface area contributed by atoms with Gasteiger partial charge in [0.2, 0.25) is 0 Å². The molecule has 0 bridgehead atoms. The third-order valence-electron chi connectivity index (χ3n) is 3.90. The molecule has 7 nitrogen and oxygen atoms in total. The number of likely N-dealkylation sites (N-methyl/N-ethyl adjacent to an activating group) is 1. The topological polar surface area (TPSA) is 89.2 Å². The van der Waals surface area contributed by atoms with Gasteiger partial charge in [-0.2, -0.15) is 0 Å². The van der Waals surface area contributed by atoms with Gasteiger partial charge in [-0.15, -0.1) is 24.0 Å². The van der Waals surface area contributed by atoms with Crippen molar-refractivity contribution < 1.29 is 14.3 Å². The first kappa shape index (κ1) is 25.8. The van der Waals surface area contributed by atoms with Crippen LogP contribution in [0.2, 0.25) is 5.02 Å². The van der Waals surface area contributed by atoms with Crippen LogP contribution in [0.3, 0.4) is 0 Å². The van der Waals surface area contributed by atoms with Gasteiger partial charge in [0.15, 0.2) is 12.6 Å². The summed E-state index contributed by atoms with van der Waals surface area (Å²) >= 11 is 5.88. The maximum absolute atomic E-state index is 10.9. The van der Waals surface area contributed by atoms with Crippen molar-refractivity contribution in [1.82, 2.24) is 10.2 Å². The van der Waals surface area contributed by atoms with Crippen molar-refractivity contribution in [3.8, 4) is 11.5 Å². The Balaban J connectivity index is 0.00000450. The molecule has 0 aliphatic rings. The van der Waals surface area contributed by atoms with Crippen LogP contribution in [0.15, 0.2) is 53.5 Å². The Morgan fingerprint density at radius 2 is 1.90 bits per heavy atom. The highest BCUT2D eigenvalue weighted by Crippen LogP contribution is 2.16. The Labute approximate surface area is 199 Å². The zero-order chi connectivity index (χ0) is 21.1. The molecule has 0 heterocycles. The smallest absolute Gasteiger partial charge is 0.255 e. The first-order valence-corrected chi connectivity index (χ1v) is 9.73. The van der Waals surface area contributed by atoms with Gasteiger partial charge < -0.3 is 25.4 Å². The third kappa shape index (κ3) is 9.53. The second-order valence-electron chi connectivity index (χ2n) is 6.30. The van der Waals surface area contributed by atoms with Gasteiger partial charge in [0.05, 0.1) is 13.1 Å². The highest BCUT2D eigenvalue weighted by Gasteiger charge is 2.06. The molecule has 2 aromatic rings. The molecule has 0 radical (unpaired) electrons. The first-order chi connectivity index (χ1) is 14.0. The van der Waals surface area contributed by atoms with Gasteiger partial charge in [0, 0.05) is 18.6 Å². The molecule has 9 heteroatoms. The summed E-state index contributed by atoms with van der Waals surface area (Å²) in [5, 5.41) is 3.95. The van der Waals surface area contributed by atoms with Crippen LogP contribution in [-0.2, 0) is 11.3 Å². The predicted octanol–water partition coefficient (Wildman–Crippen LogP) is 3.30. The number of halogens is 2. The number of hydrogen-bond acceptors (Lipinski definition) is 4. The van der Waals surface area contributed by atoms with Gasteiger partial charge in [0.1, 0.15) is 18.1 Å². The number of carbonyl (C=O) groups is 1. The van der Waals surface area contributed by atoms with Crippen molar-refractivity contribution >= 4 is 47.4 Å². The second kappa shape index (κ2) is 13.9. The summed E-state index contributed by atoms with van der Waals surface area (Å²) in [4.78, 5) is 17.5. The van der Waals surface area contributed by atoms with E-state index in [1.165, 1.54) is 0 Å². The minimum Gasteiger partial charge on any atom is -0.492 e. The molecule has 2 rings (SSSR count). The molecule has 1 amide bonds. The van der Waals surface area contributed by atoms with Gasteiger partial charge >= 0.3 is 0 Å². The minimum absolute atomic E-state index is 0. The van der Waals surface area contributed by atoms with Crippen LogP contribution in [0.25, 0.3) is 0 Å². The van der Waals surface area contributed by atoms with Crippen LogP contribution in [0, 0.1) is 0 Å². The van der Waals surface area contributed by atoms with Crippen molar-refractivity contribution in [2.45, 2.75) is 13.5 Å². The van der Waals surface area contributed by atoms with Crippen LogP contribution >= 0.6 is 35.6 Å². The Morgan fingerprint density at radius 1 is 1.17 bits per heavy atom. The lowest BCUT2D eigenvalue weighted by Gasteiger charge is -2.22. The Bertz CT molecular complexity index is 818. The fraction of sp³-hybridized carbons (Fsp3) is 0.333. The molecule has 0 atom stereocenters. The van der Waals surface area contributed by atoms with Crippen LogP contribution in [0.4, 0.5) is 0 Å². The quantitative estimate of drug-likeness (QED) is 0.271. The fourth-order valence-corrected chi connectivity index (χ4v) is 2.59. The van der Waals surface area contributed by atoms with Crippen molar-refractivity contribution in [3.05, 3.63) is 59.1 Å². The lowest BCUT2D eigenvalue weighted by molar-refractivity contribution is -0.119. The summed E-state index contributed by atoms with van der Waals surface area (Å²) in [6, 6.07) is 14.7. The number of hydrogen-bond donors (Lipinski definition) is 2. The maximum atomic E-state index is 10.9. The summed E-state index contributed by atoms with van der Waals surface area (Å²) in [6.07, 6.45) is 0. The van der Waals surface area contributed by atoms with E-state index in [0.717, 1.165) is 23.8 Å². The highest BCUT2D eigenvalue weighted by molar-refractivity contribution is 14.0. The van der Waals surface area contributed by atoms with Crippen molar-refractivity contribution in [2.24, 2.45) is 10.7 Å². The van der Waals surface area contributed by atoms with E-state index >= 15 is 0 Å².